The van der Waals surface area contributed by atoms with Crippen LogP contribution in [0, 0.1) is 5.92 Å². The number of benzene rings is 1. The average molecular weight is 323 g/mol. The summed E-state index contributed by atoms with van der Waals surface area (Å²) in [4.78, 5) is 0. The first-order valence-corrected chi connectivity index (χ1v) is 6.72. The Morgan fingerprint density at radius 3 is 2.50 bits per heavy atom. The molecule has 0 radical (unpaired) electrons. The van der Waals surface area contributed by atoms with E-state index in [4.69, 9.17) is 0 Å². The van der Waals surface area contributed by atoms with Crippen molar-refractivity contribution in [2.24, 2.45) is 5.92 Å². The number of aliphatic hydroxyl groups is 1. The molecule has 0 spiro atoms. The number of alkyl halides is 3. The van der Waals surface area contributed by atoms with Crippen molar-refractivity contribution in [1.82, 2.24) is 0 Å². The molecule has 1 aliphatic rings. The predicted octanol–water partition coefficient (Wildman–Crippen LogP) is 4.69. The fourth-order valence-corrected chi connectivity index (χ4v) is 2.62. The van der Waals surface area contributed by atoms with E-state index in [1.165, 1.54) is 6.07 Å². The molecule has 0 aromatic heterocycles. The third-order valence-electron chi connectivity index (χ3n) is 3.46. The lowest BCUT2D eigenvalue weighted by Crippen LogP contribution is -2.15. The maximum atomic E-state index is 12.7. The molecular formula is C13H14BrF3O. The fourth-order valence-electron chi connectivity index (χ4n) is 2.15. The van der Waals surface area contributed by atoms with Gasteiger partial charge in [0.25, 0.3) is 0 Å². The maximum Gasteiger partial charge on any atom is 0.417 e. The molecule has 0 aliphatic heterocycles. The van der Waals surface area contributed by atoms with E-state index in [1.54, 1.807) is 6.07 Å². The SMILES string of the molecule is OC(CC1CCC1)c1ccc(Br)c(C(F)(F)F)c1. The van der Waals surface area contributed by atoms with Gasteiger partial charge in [0.1, 0.15) is 0 Å². The van der Waals surface area contributed by atoms with Gasteiger partial charge in [0.15, 0.2) is 0 Å². The van der Waals surface area contributed by atoms with Gasteiger partial charge in [0.2, 0.25) is 0 Å². The van der Waals surface area contributed by atoms with Gasteiger partial charge in [-0.25, -0.2) is 0 Å². The highest BCUT2D eigenvalue weighted by atomic mass is 79.9. The van der Waals surface area contributed by atoms with Crippen molar-refractivity contribution in [3.05, 3.63) is 33.8 Å². The molecule has 1 atom stereocenters. The predicted molar refractivity (Wildman–Crippen MR) is 66.1 cm³/mol. The summed E-state index contributed by atoms with van der Waals surface area (Å²) in [7, 11) is 0. The number of aliphatic hydroxyl groups excluding tert-OH is 1. The summed E-state index contributed by atoms with van der Waals surface area (Å²) in [5.41, 5.74) is -0.384. The topological polar surface area (TPSA) is 20.2 Å². The zero-order valence-corrected chi connectivity index (χ0v) is 11.3. The van der Waals surface area contributed by atoms with Gasteiger partial charge in [-0.05, 0) is 30.0 Å². The molecule has 18 heavy (non-hydrogen) atoms. The number of hydrogen-bond acceptors (Lipinski definition) is 1. The van der Waals surface area contributed by atoms with E-state index in [0.717, 1.165) is 25.3 Å². The standard InChI is InChI=1S/C13H14BrF3O/c14-11-5-4-9(7-10(11)13(15,16)17)12(18)6-8-2-1-3-8/h4-5,7-8,12,18H,1-3,6H2. The molecule has 1 fully saturated rings. The van der Waals surface area contributed by atoms with Crippen LogP contribution in [0.15, 0.2) is 22.7 Å². The quantitative estimate of drug-likeness (QED) is 0.855. The molecule has 1 aliphatic carbocycles. The Morgan fingerprint density at radius 1 is 1.33 bits per heavy atom. The van der Waals surface area contributed by atoms with Crippen molar-refractivity contribution in [3.8, 4) is 0 Å². The molecule has 1 aromatic rings. The van der Waals surface area contributed by atoms with Crippen molar-refractivity contribution >= 4 is 15.9 Å². The first kappa shape index (κ1) is 13.9. The Balaban J connectivity index is 2.17. The third-order valence-corrected chi connectivity index (χ3v) is 4.15. The van der Waals surface area contributed by atoms with E-state index >= 15 is 0 Å². The van der Waals surface area contributed by atoms with Crippen LogP contribution in [0.2, 0.25) is 0 Å². The highest BCUT2D eigenvalue weighted by Gasteiger charge is 2.33. The molecule has 0 heterocycles. The zero-order valence-electron chi connectivity index (χ0n) is 9.67. The van der Waals surface area contributed by atoms with Crippen LogP contribution >= 0.6 is 15.9 Å². The summed E-state index contributed by atoms with van der Waals surface area (Å²) in [5.74, 6) is 0.456. The molecule has 1 aromatic carbocycles. The van der Waals surface area contributed by atoms with E-state index in [0.29, 0.717) is 17.9 Å². The summed E-state index contributed by atoms with van der Waals surface area (Å²) in [6.07, 6.45) is -1.35. The summed E-state index contributed by atoms with van der Waals surface area (Å²) in [6.45, 7) is 0. The van der Waals surface area contributed by atoms with Crippen molar-refractivity contribution in [2.75, 3.05) is 0 Å². The fraction of sp³-hybridized carbons (Fsp3) is 0.538. The minimum Gasteiger partial charge on any atom is -0.388 e. The van der Waals surface area contributed by atoms with Crippen molar-refractivity contribution in [3.63, 3.8) is 0 Å². The lowest BCUT2D eigenvalue weighted by atomic mass is 9.80. The number of halogens is 4. The van der Waals surface area contributed by atoms with Crippen molar-refractivity contribution in [1.29, 1.82) is 0 Å². The molecular weight excluding hydrogens is 309 g/mol. The Labute approximate surface area is 112 Å². The molecule has 0 amide bonds. The monoisotopic (exact) mass is 322 g/mol. The van der Waals surface area contributed by atoms with Crippen LogP contribution in [-0.4, -0.2) is 5.11 Å². The van der Waals surface area contributed by atoms with E-state index < -0.39 is 17.8 Å². The molecule has 1 nitrogen and oxygen atoms in total. The molecule has 100 valence electrons. The van der Waals surface area contributed by atoms with Gasteiger partial charge in [-0.2, -0.15) is 13.2 Å². The first-order chi connectivity index (χ1) is 8.38. The number of hydrogen-bond donors (Lipinski definition) is 1. The van der Waals surface area contributed by atoms with Crippen LogP contribution in [0.1, 0.15) is 42.9 Å². The second kappa shape index (κ2) is 5.21. The largest absolute Gasteiger partial charge is 0.417 e. The molecule has 1 N–H and O–H groups in total. The summed E-state index contributed by atoms with van der Waals surface area (Å²) in [5, 5.41) is 9.95. The maximum absolute atomic E-state index is 12.7. The van der Waals surface area contributed by atoms with Crippen LogP contribution in [0.3, 0.4) is 0 Å². The molecule has 0 bridgehead atoms. The van der Waals surface area contributed by atoms with Crippen LogP contribution in [0.25, 0.3) is 0 Å². The normalized spacial score (nSPS) is 18.5. The zero-order chi connectivity index (χ0) is 13.3. The second-order valence-electron chi connectivity index (χ2n) is 4.79. The molecule has 2 rings (SSSR count). The van der Waals surface area contributed by atoms with Gasteiger partial charge in [-0.3, -0.25) is 0 Å². The van der Waals surface area contributed by atoms with Crippen LogP contribution in [0.4, 0.5) is 13.2 Å². The summed E-state index contributed by atoms with van der Waals surface area (Å²) in [6, 6.07) is 3.93. The molecule has 1 unspecified atom stereocenters. The minimum atomic E-state index is -4.40. The van der Waals surface area contributed by atoms with Gasteiger partial charge in [0, 0.05) is 4.47 Å². The van der Waals surface area contributed by atoms with E-state index in [1.807, 2.05) is 0 Å². The summed E-state index contributed by atoms with van der Waals surface area (Å²) >= 11 is 2.89. The minimum absolute atomic E-state index is 0.00888. The van der Waals surface area contributed by atoms with Crippen LogP contribution in [-0.2, 0) is 6.18 Å². The van der Waals surface area contributed by atoms with Gasteiger partial charge < -0.3 is 5.11 Å². The summed E-state index contributed by atoms with van der Waals surface area (Å²) < 4.78 is 38.2. The Kier molecular flexibility index (Phi) is 4.02. The van der Waals surface area contributed by atoms with Gasteiger partial charge in [-0.1, -0.05) is 41.3 Å². The van der Waals surface area contributed by atoms with Gasteiger partial charge in [0.05, 0.1) is 11.7 Å². The van der Waals surface area contributed by atoms with Crippen LogP contribution in [0.5, 0.6) is 0 Å². The van der Waals surface area contributed by atoms with Crippen LogP contribution < -0.4 is 0 Å². The lowest BCUT2D eigenvalue weighted by molar-refractivity contribution is -0.138. The van der Waals surface area contributed by atoms with E-state index in [2.05, 4.69) is 15.9 Å². The lowest BCUT2D eigenvalue weighted by Gasteiger charge is -2.27. The third kappa shape index (κ3) is 3.06. The Bertz CT molecular complexity index is 427. The van der Waals surface area contributed by atoms with Gasteiger partial charge in [-0.15, -0.1) is 0 Å². The smallest absolute Gasteiger partial charge is 0.388 e. The Hall–Kier alpha value is -0.550. The first-order valence-electron chi connectivity index (χ1n) is 5.92. The molecule has 5 heteroatoms. The van der Waals surface area contributed by atoms with E-state index in [9.17, 15) is 18.3 Å². The average Bonchev–Trinajstić information content (AvgIpc) is 2.22. The van der Waals surface area contributed by atoms with Gasteiger partial charge >= 0.3 is 6.18 Å². The Morgan fingerprint density at radius 2 is 2.00 bits per heavy atom. The highest BCUT2D eigenvalue weighted by molar-refractivity contribution is 9.10. The molecule has 0 saturated heterocycles. The van der Waals surface area contributed by atoms with Crippen molar-refractivity contribution in [2.45, 2.75) is 38.0 Å². The second-order valence-corrected chi connectivity index (χ2v) is 5.64. The molecule has 1 saturated carbocycles. The van der Waals surface area contributed by atoms with Crippen molar-refractivity contribution < 1.29 is 18.3 Å². The van der Waals surface area contributed by atoms with E-state index in [-0.39, 0.29) is 4.47 Å². The highest BCUT2D eigenvalue weighted by Crippen LogP contribution is 2.39. The number of rotatable bonds is 3.